The summed E-state index contributed by atoms with van der Waals surface area (Å²) in [4.78, 5) is 18.1. The molecule has 1 N–H and O–H groups in total. The molecule has 1 heterocycles. The zero-order chi connectivity index (χ0) is 13.2. The lowest BCUT2D eigenvalue weighted by molar-refractivity contribution is 0.247. The number of nitrogens with one attached hydrogen (secondary N) is 1. The number of hydrogen-bond acceptors (Lipinski definition) is 2. The smallest absolute Gasteiger partial charge is 0.321 e. The molecule has 1 saturated carbocycles. The lowest BCUT2D eigenvalue weighted by Crippen LogP contribution is -2.38. The maximum atomic E-state index is 12.1. The highest BCUT2D eigenvalue weighted by atomic mass is 16.2. The molecule has 1 aromatic carbocycles. The van der Waals surface area contributed by atoms with Crippen LogP contribution in [0.4, 0.5) is 10.5 Å². The number of amides is 2. The third-order valence-corrected chi connectivity index (χ3v) is 3.53. The minimum absolute atomic E-state index is 0.0525. The third kappa shape index (κ3) is 2.52. The monoisotopic (exact) mass is 255 g/mol. The number of carbonyl (C=O) groups is 1. The van der Waals surface area contributed by atoms with Crippen LogP contribution in [0.3, 0.4) is 0 Å². The summed E-state index contributed by atoms with van der Waals surface area (Å²) in [7, 11) is 1.80. The van der Waals surface area contributed by atoms with Crippen molar-refractivity contribution in [1.82, 2.24) is 10.3 Å². The summed E-state index contributed by atoms with van der Waals surface area (Å²) in [6, 6.07) is 9.65. The van der Waals surface area contributed by atoms with Gasteiger partial charge in [0, 0.05) is 25.2 Å². The topological polar surface area (TPSA) is 45.2 Å². The molecule has 0 bridgehead atoms. The molecule has 1 aliphatic carbocycles. The Balaban J connectivity index is 1.83. The molecule has 4 nitrogen and oxygen atoms in total. The van der Waals surface area contributed by atoms with Gasteiger partial charge in [-0.3, -0.25) is 9.88 Å². The molecule has 19 heavy (non-hydrogen) atoms. The van der Waals surface area contributed by atoms with E-state index < -0.39 is 0 Å². The number of benzene rings is 1. The maximum Gasteiger partial charge on any atom is 0.321 e. The Bertz CT molecular complexity index is 602. The molecule has 2 aromatic rings. The van der Waals surface area contributed by atoms with Gasteiger partial charge in [0.15, 0.2) is 0 Å². The van der Waals surface area contributed by atoms with Gasteiger partial charge in [0.2, 0.25) is 0 Å². The van der Waals surface area contributed by atoms with E-state index in [0.717, 1.165) is 23.1 Å². The van der Waals surface area contributed by atoms with Gasteiger partial charge in [-0.25, -0.2) is 4.79 Å². The van der Waals surface area contributed by atoms with E-state index in [1.165, 1.54) is 12.8 Å². The van der Waals surface area contributed by atoms with Crippen LogP contribution in [0.2, 0.25) is 0 Å². The molecule has 1 fully saturated rings. The third-order valence-electron chi connectivity index (χ3n) is 3.53. The van der Waals surface area contributed by atoms with Crippen molar-refractivity contribution in [2.24, 2.45) is 5.92 Å². The lowest BCUT2D eigenvalue weighted by atomic mass is 10.1. The SMILES string of the molecule is CN(C(=O)NCC1CC1)c1cccc2ncccc12. The van der Waals surface area contributed by atoms with Gasteiger partial charge in [0.05, 0.1) is 11.2 Å². The first kappa shape index (κ1) is 12.0. The van der Waals surface area contributed by atoms with Crippen LogP contribution in [0.25, 0.3) is 10.9 Å². The second-order valence-corrected chi connectivity index (χ2v) is 5.04. The standard InChI is InChI=1S/C15H17N3O/c1-18(15(19)17-10-11-7-8-11)14-6-2-5-13-12(14)4-3-9-16-13/h2-6,9,11H,7-8,10H2,1H3,(H,17,19). The maximum absolute atomic E-state index is 12.1. The van der Waals surface area contributed by atoms with Crippen LogP contribution in [0.1, 0.15) is 12.8 Å². The number of rotatable bonds is 3. The Labute approximate surface area is 112 Å². The molecule has 0 unspecified atom stereocenters. The predicted octanol–water partition coefficient (Wildman–Crippen LogP) is 2.79. The second-order valence-electron chi connectivity index (χ2n) is 5.04. The van der Waals surface area contributed by atoms with E-state index >= 15 is 0 Å². The first-order valence-electron chi connectivity index (χ1n) is 6.61. The fourth-order valence-electron chi connectivity index (χ4n) is 2.16. The van der Waals surface area contributed by atoms with Crippen molar-refractivity contribution in [2.45, 2.75) is 12.8 Å². The Morgan fingerprint density at radius 1 is 1.37 bits per heavy atom. The van der Waals surface area contributed by atoms with Crippen LogP contribution in [-0.2, 0) is 0 Å². The minimum Gasteiger partial charge on any atom is -0.337 e. The Kier molecular flexibility index (Phi) is 3.07. The van der Waals surface area contributed by atoms with Crippen LogP contribution in [0.5, 0.6) is 0 Å². The molecule has 1 aromatic heterocycles. The summed E-state index contributed by atoms with van der Waals surface area (Å²) < 4.78 is 0. The number of aromatic nitrogens is 1. The molecule has 2 amide bonds. The molecule has 0 saturated heterocycles. The number of anilines is 1. The minimum atomic E-state index is -0.0525. The van der Waals surface area contributed by atoms with E-state index in [4.69, 9.17) is 0 Å². The molecule has 98 valence electrons. The number of urea groups is 1. The fourth-order valence-corrected chi connectivity index (χ4v) is 2.16. The summed E-state index contributed by atoms with van der Waals surface area (Å²) in [6.45, 7) is 0.784. The van der Waals surface area contributed by atoms with Crippen molar-refractivity contribution in [1.29, 1.82) is 0 Å². The molecule has 0 radical (unpaired) electrons. The van der Waals surface area contributed by atoms with E-state index in [1.54, 1.807) is 18.1 Å². The average Bonchev–Trinajstić information content (AvgIpc) is 3.27. The van der Waals surface area contributed by atoms with Crippen LogP contribution < -0.4 is 10.2 Å². The fraction of sp³-hybridized carbons (Fsp3) is 0.333. The Morgan fingerprint density at radius 2 is 2.21 bits per heavy atom. The van der Waals surface area contributed by atoms with E-state index in [0.29, 0.717) is 5.92 Å². The van der Waals surface area contributed by atoms with Gasteiger partial charge in [0.1, 0.15) is 0 Å². The molecular weight excluding hydrogens is 238 g/mol. The first-order valence-corrected chi connectivity index (χ1v) is 6.61. The quantitative estimate of drug-likeness (QED) is 0.916. The zero-order valence-electron chi connectivity index (χ0n) is 11.0. The van der Waals surface area contributed by atoms with Crippen LogP contribution in [0.15, 0.2) is 36.5 Å². The molecule has 0 atom stereocenters. The van der Waals surface area contributed by atoms with Gasteiger partial charge in [0.25, 0.3) is 0 Å². The van der Waals surface area contributed by atoms with Crippen molar-refractivity contribution in [3.05, 3.63) is 36.5 Å². The number of nitrogens with zero attached hydrogens (tertiary/aromatic N) is 2. The van der Waals surface area contributed by atoms with Gasteiger partial charge < -0.3 is 5.32 Å². The molecule has 3 rings (SSSR count). The highest BCUT2D eigenvalue weighted by molar-refractivity contribution is 6.01. The molecule has 0 aliphatic heterocycles. The normalized spacial score (nSPS) is 14.4. The molecule has 0 spiro atoms. The van der Waals surface area contributed by atoms with Crippen LogP contribution >= 0.6 is 0 Å². The van der Waals surface area contributed by atoms with E-state index in [9.17, 15) is 4.79 Å². The van der Waals surface area contributed by atoms with Crippen LogP contribution in [-0.4, -0.2) is 24.6 Å². The van der Waals surface area contributed by atoms with Crippen molar-refractivity contribution in [2.75, 3.05) is 18.5 Å². The highest BCUT2D eigenvalue weighted by Gasteiger charge is 2.22. The number of hydrogen-bond donors (Lipinski definition) is 1. The van der Waals surface area contributed by atoms with Gasteiger partial charge in [-0.1, -0.05) is 6.07 Å². The van der Waals surface area contributed by atoms with Gasteiger partial charge in [-0.05, 0) is 43.0 Å². The van der Waals surface area contributed by atoms with E-state index in [2.05, 4.69) is 10.3 Å². The summed E-state index contributed by atoms with van der Waals surface area (Å²) in [6.07, 6.45) is 4.24. The van der Waals surface area contributed by atoms with E-state index in [-0.39, 0.29) is 6.03 Å². The molecule has 1 aliphatic rings. The van der Waals surface area contributed by atoms with Gasteiger partial charge in [-0.2, -0.15) is 0 Å². The highest BCUT2D eigenvalue weighted by Crippen LogP contribution is 2.28. The molecule has 4 heteroatoms. The average molecular weight is 255 g/mol. The van der Waals surface area contributed by atoms with Crippen molar-refractivity contribution in [3.8, 4) is 0 Å². The Morgan fingerprint density at radius 3 is 3.00 bits per heavy atom. The first-order chi connectivity index (χ1) is 9.25. The van der Waals surface area contributed by atoms with Crippen LogP contribution in [0, 0.1) is 5.92 Å². The van der Waals surface area contributed by atoms with Crippen molar-refractivity contribution >= 4 is 22.6 Å². The summed E-state index contributed by atoms with van der Waals surface area (Å²) in [5, 5.41) is 3.97. The predicted molar refractivity (Wildman–Crippen MR) is 76.3 cm³/mol. The van der Waals surface area contributed by atoms with E-state index in [1.807, 2.05) is 30.3 Å². The van der Waals surface area contributed by atoms with Crippen molar-refractivity contribution in [3.63, 3.8) is 0 Å². The Hall–Kier alpha value is -2.10. The van der Waals surface area contributed by atoms with Gasteiger partial charge in [-0.15, -0.1) is 0 Å². The van der Waals surface area contributed by atoms with Crippen molar-refractivity contribution < 1.29 is 4.79 Å². The number of carbonyl (C=O) groups excluding carboxylic acids is 1. The lowest BCUT2D eigenvalue weighted by Gasteiger charge is -2.19. The second kappa shape index (κ2) is 4.88. The van der Waals surface area contributed by atoms with Gasteiger partial charge >= 0.3 is 6.03 Å². The summed E-state index contributed by atoms with van der Waals surface area (Å²) >= 11 is 0. The summed E-state index contributed by atoms with van der Waals surface area (Å²) in [5.74, 6) is 0.687. The number of fused-ring (bicyclic) bond motifs is 1. The zero-order valence-corrected chi connectivity index (χ0v) is 11.0. The largest absolute Gasteiger partial charge is 0.337 e. The number of pyridine rings is 1. The molecular formula is C15H17N3O. The summed E-state index contributed by atoms with van der Waals surface area (Å²) in [5.41, 5.74) is 1.79.